The molecule has 2 aromatic rings. The first-order chi connectivity index (χ1) is 12.5. The van der Waals surface area contributed by atoms with Crippen LogP contribution >= 0.6 is 0 Å². The Labute approximate surface area is 150 Å². The van der Waals surface area contributed by atoms with Crippen LogP contribution in [0.15, 0.2) is 48.5 Å². The second kappa shape index (κ2) is 7.77. The molecule has 0 unspecified atom stereocenters. The molecular formula is C19H19N3O4. The van der Waals surface area contributed by atoms with Gasteiger partial charge in [-0.3, -0.25) is 19.7 Å². The highest BCUT2D eigenvalue weighted by Crippen LogP contribution is 2.14. The number of hydrogen-bond acceptors (Lipinski definition) is 4. The van der Waals surface area contributed by atoms with E-state index in [1.54, 1.807) is 12.1 Å². The summed E-state index contributed by atoms with van der Waals surface area (Å²) in [6, 6.07) is 12.6. The Morgan fingerprint density at radius 3 is 2.12 bits per heavy atom. The molecule has 7 nitrogen and oxygen atoms in total. The lowest BCUT2D eigenvalue weighted by atomic mass is 10.1. The van der Waals surface area contributed by atoms with Crippen molar-refractivity contribution in [1.82, 2.24) is 10.2 Å². The SMILES string of the molecule is O=C(NCc1ccc(C(=O)N2CCCC2)cc1)c1ccc([N+](=O)[O-])cc1. The number of nitrogens with zero attached hydrogens (tertiary/aromatic N) is 2. The van der Waals surface area contributed by atoms with Crippen LogP contribution in [-0.4, -0.2) is 34.7 Å². The maximum Gasteiger partial charge on any atom is 0.269 e. The molecule has 134 valence electrons. The molecule has 3 rings (SSSR count). The first-order valence-electron chi connectivity index (χ1n) is 8.45. The molecule has 26 heavy (non-hydrogen) atoms. The number of carbonyl (C=O) groups excluding carboxylic acids is 2. The molecule has 2 amide bonds. The van der Waals surface area contributed by atoms with E-state index in [0.717, 1.165) is 31.5 Å². The second-order valence-corrected chi connectivity index (χ2v) is 6.18. The minimum atomic E-state index is -0.507. The van der Waals surface area contributed by atoms with Gasteiger partial charge in [0.1, 0.15) is 0 Å². The number of nitro benzene ring substituents is 1. The lowest BCUT2D eigenvalue weighted by Crippen LogP contribution is -2.27. The van der Waals surface area contributed by atoms with Gasteiger partial charge in [-0.15, -0.1) is 0 Å². The maximum atomic E-state index is 12.3. The Bertz CT molecular complexity index is 810. The number of carbonyl (C=O) groups is 2. The fourth-order valence-corrected chi connectivity index (χ4v) is 2.89. The molecule has 7 heteroatoms. The van der Waals surface area contributed by atoms with Gasteiger partial charge in [-0.05, 0) is 42.7 Å². The summed E-state index contributed by atoms with van der Waals surface area (Å²) in [6.07, 6.45) is 2.11. The minimum absolute atomic E-state index is 0.0453. The summed E-state index contributed by atoms with van der Waals surface area (Å²) in [5, 5.41) is 13.4. The van der Waals surface area contributed by atoms with Crippen molar-refractivity contribution in [2.24, 2.45) is 0 Å². The summed E-state index contributed by atoms with van der Waals surface area (Å²) in [7, 11) is 0. The molecule has 0 spiro atoms. The van der Waals surface area contributed by atoms with Gasteiger partial charge in [-0.1, -0.05) is 12.1 Å². The number of nitro groups is 1. The number of hydrogen-bond donors (Lipinski definition) is 1. The predicted octanol–water partition coefficient (Wildman–Crippen LogP) is 2.76. The number of benzene rings is 2. The van der Waals surface area contributed by atoms with Crippen molar-refractivity contribution in [3.63, 3.8) is 0 Å². The smallest absolute Gasteiger partial charge is 0.269 e. The summed E-state index contributed by atoms with van der Waals surface area (Å²) in [5.41, 5.74) is 1.83. The maximum absolute atomic E-state index is 12.3. The van der Waals surface area contributed by atoms with Gasteiger partial charge in [0.15, 0.2) is 0 Å². The quantitative estimate of drug-likeness (QED) is 0.661. The highest BCUT2D eigenvalue weighted by Gasteiger charge is 2.19. The van der Waals surface area contributed by atoms with Crippen LogP contribution in [0, 0.1) is 10.1 Å². The predicted molar refractivity (Wildman–Crippen MR) is 95.8 cm³/mol. The van der Waals surface area contributed by atoms with Crippen molar-refractivity contribution in [2.45, 2.75) is 19.4 Å². The molecule has 1 aliphatic rings. The Kier molecular flexibility index (Phi) is 5.26. The number of likely N-dealkylation sites (tertiary alicyclic amines) is 1. The molecule has 1 N–H and O–H groups in total. The zero-order chi connectivity index (χ0) is 18.5. The molecule has 0 atom stereocenters. The monoisotopic (exact) mass is 353 g/mol. The third-order valence-corrected chi connectivity index (χ3v) is 4.39. The van der Waals surface area contributed by atoms with Crippen LogP contribution < -0.4 is 5.32 Å². The number of rotatable bonds is 5. The average Bonchev–Trinajstić information content (AvgIpc) is 3.21. The molecule has 1 aliphatic heterocycles. The second-order valence-electron chi connectivity index (χ2n) is 6.18. The number of nitrogens with one attached hydrogen (secondary N) is 1. The zero-order valence-corrected chi connectivity index (χ0v) is 14.2. The van der Waals surface area contributed by atoms with Gasteiger partial charge in [0.2, 0.25) is 0 Å². The summed E-state index contributed by atoms with van der Waals surface area (Å²) >= 11 is 0. The topological polar surface area (TPSA) is 92.6 Å². The Hall–Kier alpha value is -3.22. The van der Waals surface area contributed by atoms with Crippen molar-refractivity contribution in [3.05, 3.63) is 75.3 Å². The zero-order valence-electron chi connectivity index (χ0n) is 14.2. The molecule has 0 bridgehead atoms. The normalized spacial score (nSPS) is 13.5. The largest absolute Gasteiger partial charge is 0.348 e. The van der Waals surface area contributed by atoms with Crippen LogP contribution in [0.3, 0.4) is 0 Å². The van der Waals surface area contributed by atoms with Gasteiger partial charge < -0.3 is 10.2 Å². The van der Waals surface area contributed by atoms with Crippen molar-refractivity contribution < 1.29 is 14.5 Å². The fraction of sp³-hybridized carbons (Fsp3) is 0.263. The van der Waals surface area contributed by atoms with E-state index in [1.165, 1.54) is 24.3 Å². The van der Waals surface area contributed by atoms with Gasteiger partial charge in [-0.25, -0.2) is 0 Å². The van der Waals surface area contributed by atoms with Crippen LogP contribution in [0.25, 0.3) is 0 Å². The third-order valence-electron chi connectivity index (χ3n) is 4.39. The van der Waals surface area contributed by atoms with Crippen molar-refractivity contribution in [3.8, 4) is 0 Å². The highest BCUT2D eigenvalue weighted by molar-refractivity contribution is 5.95. The Morgan fingerprint density at radius 2 is 1.54 bits per heavy atom. The van der Waals surface area contributed by atoms with Crippen LogP contribution in [0.1, 0.15) is 39.1 Å². The lowest BCUT2D eigenvalue weighted by Gasteiger charge is -2.15. The van der Waals surface area contributed by atoms with Gasteiger partial charge >= 0.3 is 0 Å². The molecule has 2 aromatic carbocycles. The third kappa shape index (κ3) is 4.05. The molecule has 0 saturated carbocycles. The standard InChI is InChI=1S/C19H19N3O4/c23-18(15-7-9-17(10-8-15)22(25)26)20-13-14-3-5-16(6-4-14)19(24)21-11-1-2-12-21/h3-10H,1-2,11-13H2,(H,20,23). The van der Waals surface area contributed by atoms with Crippen LogP contribution in [0.5, 0.6) is 0 Å². The Balaban J connectivity index is 1.56. The molecule has 1 fully saturated rings. The molecule has 0 aromatic heterocycles. The van der Waals surface area contributed by atoms with Crippen LogP contribution in [0.4, 0.5) is 5.69 Å². The van der Waals surface area contributed by atoms with Crippen molar-refractivity contribution in [2.75, 3.05) is 13.1 Å². The van der Waals surface area contributed by atoms with Gasteiger partial charge in [-0.2, -0.15) is 0 Å². The summed E-state index contributed by atoms with van der Waals surface area (Å²) in [6.45, 7) is 1.94. The average molecular weight is 353 g/mol. The van der Waals surface area contributed by atoms with E-state index in [4.69, 9.17) is 0 Å². The first-order valence-corrected chi connectivity index (χ1v) is 8.45. The van der Waals surface area contributed by atoms with E-state index >= 15 is 0 Å². The number of amides is 2. The highest BCUT2D eigenvalue weighted by atomic mass is 16.6. The van der Waals surface area contributed by atoms with E-state index in [9.17, 15) is 19.7 Å². The molecule has 0 radical (unpaired) electrons. The van der Waals surface area contributed by atoms with Gasteiger partial charge in [0, 0.05) is 42.9 Å². The summed E-state index contributed by atoms with van der Waals surface area (Å²) in [5.74, 6) is -0.263. The van der Waals surface area contributed by atoms with E-state index in [-0.39, 0.29) is 17.5 Å². The van der Waals surface area contributed by atoms with E-state index in [1.807, 2.05) is 17.0 Å². The van der Waals surface area contributed by atoms with Crippen molar-refractivity contribution in [1.29, 1.82) is 0 Å². The number of non-ortho nitro benzene ring substituents is 1. The molecular weight excluding hydrogens is 334 g/mol. The van der Waals surface area contributed by atoms with E-state index in [0.29, 0.717) is 17.7 Å². The fourth-order valence-electron chi connectivity index (χ4n) is 2.89. The summed E-state index contributed by atoms with van der Waals surface area (Å²) < 4.78 is 0. The van der Waals surface area contributed by atoms with Crippen LogP contribution in [0.2, 0.25) is 0 Å². The first kappa shape index (κ1) is 17.6. The van der Waals surface area contributed by atoms with Crippen molar-refractivity contribution >= 4 is 17.5 Å². The molecule has 0 aliphatic carbocycles. The van der Waals surface area contributed by atoms with Gasteiger partial charge in [0.25, 0.3) is 17.5 Å². The Morgan fingerprint density at radius 1 is 0.962 bits per heavy atom. The minimum Gasteiger partial charge on any atom is -0.348 e. The lowest BCUT2D eigenvalue weighted by molar-refractivity contribution is -0.384. The molecule has 1 heterocycles. The van der Waals surface area contributed by atoms with Gasteiger partial charge in [0.05, 0.1) is 4.92 Å². The molecule has 1 saturated heterocycles. The summed E-state index contributed by atoms with van der Waals surface area (Å²) in [4.78, 5) is 36.4. The van der Waals surface area contributed by atoms with E-state index in [2.05, 4.69) is 5.32 Å². The van der Waals surface area contributed by atoms with E-state index < -0.39 is 4.92 Å². The van der Waals surface area contributed by atoms with Crippen LogP contribution in [-0.2, 0) is 6.54 Å².